The Kier molecular flexibility index (Phi) is 8.04. The van der Waals surface area contributed by atoms with Crippen LogP contribution in [-0.4, -0.2) is 0 Å². The minimum absolute atomic E-state index is 0.893. The Hall–Kier alpha value is -7.20. The summed E-state index contributed by atoms with van der Waals surface area (Å²) < 4.78 is 9.10. The molecular formula is C54H35NOS. The number of furan rings is 1. The summed E-state index contributed by atoms with van der Waals surface area (Å²) in [4.78, 5) is 2.40. The van der Waals surface area contributed by atoms with Crippen molar-refractivity contribution in [3.05, 3.63) is 212 Å². The Bertz CT molecular complexity index is 3200. The number of fused-ring (bicyclic) bond motifs is 6. The molecule has 2 aromatic heterocycles. The van der Waals surface area contributed by atoms with Gasteiger partial charge in [0.2, 0.25) is 0 Å². The van der Waals surface area contributed by atoms with Gasteiger partial charge >= 0.3 is 0 Å². The summed E-state index contributed by atoms with van der Waals surface area (Å²) in [7, 11) is 0. The minimum Gasteiger partial charge on any atom is -0.455 e. The highest BCUT2D eigenvalue weighted by Crippen LogP contribution is 2.46. The van der Waals surface area contributed by atoms with Crippen molar-refractivity contribution in [3.63, 3.8) is 0 Å². The number of rotatable bonds is 7. The van der Waals surface area contributed by atoms with E-state index in [1.54, 1.807) is 0 Å². The molecule has 57 heavy (non-hydrogen) atoms. The molecule has 9 aromatic carbocycles. The third kappa shape index (κ3) is 5.88. The Balaban J connectivity index is 1.05. The molecule has 0 atom stereocenters. The van der Waals surface area contributed by atoms with E-state index in [9.17, 15) is 0 Å². The zero-order valence-electron chi connectivity index (χ0n) is 31.0. The molecule has 0 bridgehead atoms. The van der Waals surface area contributed by atoms with Gasteiger partial charge in [-0.3, -0.25) is 0 Å². The van der Waals surface area contributed by atoms with Gasteiger partial charge in [-0.25, -0.2) is 0 Å². The third-order valence-corrected chi connectivity index (χ3v) is 12.3. The summed E-state index contributed by atoms with van der Waals surface area (Å²) in [5, 5.41) is 4.80. The zero-order chi connectivity index (χ0) is 37.7. The van der Waals surface area contributed by atoms with Crippen LogP contribution in [0.2, 0.25) is 0 Å². The highest BCUT2D eigenvalue weighted by atomic mass is 32.1. The average Bonchev–Trinajstić information content (AvgIpc) is 3.86. The van der Waals surface area contributed by atoms with Crippen LogP contribution in [0.5, 0.6) is 0 Å². The summed E-state index contributed by atoms with van der Waals surface area (Å²) in [5.74, 6) is 0. The molecule has 0 amide bonds. The first-order chi connectivity index (χ1) is 28.2. The van der Waals surface area contributed by atoms with Crippen LogP contribution < -0.4 is 4.90 Å². The van der Waals surface area contributed by atoms with Gasteiger partial charge in [0.15, 0.2) is 0 Å². The standard InChI is InChI=1S/C54H35NOS/c1-4-13-36(14-5-1)37-23-28-42(29-24-37)55(44-34-48(40-17-8-3-9-18-40)54-50(35-44)46-19-10-11-22-52(46)57-54)43-30-25-38(26-31-43)41-27-32-51-49(33-41)47-21-12-20-45(53(47)56-51)39-15-6-2-7-16-39/h1-35H. The summed E-state index contributed by atoms with van der Waals surface area (Å²) >= 11 is 1.87. The molecule has 0 spiro atoms. The van der Waals surface area contributed by atoms with Crippen molar-refractivity contribution in [2.75, 3.05) is 4.90 Å². The molecule has 0 saturated carbocycles. The second kappa shape index (κ2) is 13.8. The van der Waals surface area contributed by atoms with E-state index in [4.69, 9.17) is 4.42 Å². The van der Waals surface area contributed by atoms with E-state index in [1.165, 1.54) is 42.4 Å². The van der Waals surface area contributed by atoms with E-state index in [0.29, 0.717) is 0 Å². The van der Waals surface area contributed by atoms with Gasteiger partial charge in [-0.05, 0) is 88.0 Å². The normalized spacial score (nSPS) is 11.5. The molecule has 11 rings (SSSR count). The SMILES string of the molecule is c1ccc(-c2ccc(N(c3ccc(-c4ccc5oc6c(-c7ccccc7)cccc6c5c4)cc3)c3cc(-c4ccccc4)c4sc5ccccc5c4c3)cc2)cc1. The van der Waals surface area contributed by atoms with E-state index in [1.807, 2.05) is 17.4 Å². The topological polar surface area (TPSA) is 16.4 Å². The molecule has 0 aliphatic heterocycles. The van der Waals surface area contributed by atoms with Gasteiger partial charge in [-0.15, -0.1) is 11.3 Å². The Morgan fingerprint density at radius 2 is 0.877 bits per heavy atom. The monoisotopic (exact) mass is 745 g/mol. The molecular weight excluding hydrogens is 711 g/mol. The summed E-state index contributed by atoms with van der Waals surface area (Å²) in [6.45, 7) is 0. The minimum atomic E-state index is 0.893. The quantitative estimate of drug-likeness (QED) is 0.162. The van der Waals surface area contributed by atoms with Gasteiger partial charge in [-0.2, -0.15) is 0 Å². The van der Waals surface area contributed by atoms with E-state index < -0.39 is 0 Å². The second-order valence-corrected chi connectivity index (χ2v) is 15.5. The van der Waals surface area contributed by atoms with Gasteiger partial charge in [-0.1, -0.05) is 158 Å². The largest absolute Gasteiger partial charge is 0.455 e. The molecule has 11 aromatic rings. The highest BCUT2D eigenvalue weighted by Gasteiger charge is 2.19. The number of nitrogens with zero attached hydrogens (tertiary/aromatic N) is 1. The van der Waals surface area contributed by atoms with E-state index in [-0.39, 0.29) is 0 Å². The number of hydrogen-bond donors (Lipinski definition) is 0. The number of thiophene rings is 1. The second-order valence-electron chi connectivity index (χ2n) is 14.5. The lowest BCUT2D eigenvalue weighted by atomic mass is 9.99. The smallest absolute Gasteiger partial charge is 0.143 e. The van der Waals surface area contributed by atoms with Crippen molar-refractivity contribution < 1.29 is 4.42 Å². The van der Waals surface area contributed by atoms with E-state index in [0.717, 1.165) is 61.3 Å². The van der Waals surface area contributed by atoms with Crippen LogP contribution in [-0.2, 0) is 0 Å². The predicted molar refractivity (Wildman–Crippen MR) is 243 cm³/mol. The lowest BCUT2D eigenvalue weighted by Crippen LogP contribution is -2.10. The maximum absolute atomic E-state index is 6.50. The van der Waals surface area contributed by atoms with Crippen LogP contribution in [0.25, 0.3) is 86.6 Å². The molecule has 3 heteroatoms. The fourth-order valence-corrected chi connectivity index (χ4v) is 9.50. The van der Waals surface area contributed by atoms with Crippen molar-refractivity contribution in [1.29, 1.82) is 0 Å². The van der Waals surface area contributed by atoms with Crippen molar-refractivity contribution >= 4 is 70.5 Å². The van der Waals surface area contributed by atoms with Gasteiger partial charge in [0.05, 0.1) is 0 Å². The zero-order valence-corrected chi connectivity index (χ0v) is 31.8. The molecule has 0 unspecified atom stereocenters. The van der Waals surface area contributed by atoms with Crippen molar-refractivity contribution in [2.24, 2.45) is 0 Å². The fraction of sp³-hybridized carbons (Fsp3) is 0. The first kappa shape index (κ1) is 33.2. The van der Waals surface area contributed by atoms with E-state index in [2.05, 4.69) is 211 Å². The van der Waals surface area contributed by atoms with Crippen molar-refractivity contribution in [2.45, 2.75) is 0 Å². The molecule has 0 N–H and O–H groups in total. The van der Waals surface area contributed by atoms with Gasteiger partial charge in [0.25, 0.3) is 0 Å². The van der Waals surface area contributed by atoms with Gasteiger partial charge in [0.1, 0.15) is 11.2 Å². The Labute approximate surface area is 335 Å². The molecule has 0 radical (unpaired) electrons. The first-order valence-corrected chi connectivity index (χ1v) is 20.1. The van der Waals surface area contributed by atoms with Crippen LogP contribution in [0.15, 0.2) is 217 Å². The van der Waals surface area contributed by atoms with E-state index >= 15 is 0 Å². The lowest BCUT2D eigenvalue weighted by Gasteiger charge is -2.27. The van der Waals surface area contributed by atoms with Crippen molar-refractivity contribution in [3.8, 4) is 44.5 Å². The molecule has 0 aliphatic rings. The molecule has 2 heterocycles. The molecule has 268 valence electrons. The number of para-hydroxylation sites is 1. The summed E-state index contributed by atoms with van der Waals surface area (Å²) in [6, 6.07) is 76.3. The average molecular weight is 746 g/mol. The number of hydrogen-bond acceptors (Lipinski definition) is 3. The highest BCUT2D eigenvalue weighted by molar-refractivity contribution is 7.26. The van der Waals surface area contributed by atoms with Gasteiger partial charge in [0, 0.05) is 59.1 Å². The summed E-state index contributed by atoms with van der Waals surface area (Å²) in [5.41, 5.74) is 14.5. The molecule has 0 aliphatic carbocycles. The number of anilines is 3. The maximum Gasteiger partial charge on any atom is 0.143 e. The van der Waals surface area contributed by atoms with Gasteiger partial charge < -0.3 is 9.32 Å². The van der Waals surface area contributed by atoms with Crippen LogP contribution >= 0.6 is 11.3 Å². The van der Waals surface area contributed by atoms with Crippen LogP contribution in [0, 0.1) is 0 Å². The maximum atomic E-state index is 6.50. The third-order valence-electron chi connectivity index (χ3n) is 11.1. The Morgan fingerprint density at radius 3 is 1.56 bits per heavy atom. The Morgan fingerprint density at radius 1 is 0.333 bits per heavy atom. The number of benzene rings is 9. The molecule has 0 saturated heterocycles. The summed E-state index contributed by atoms with van der Waals surface area (Å²) in [6.07, 6.45) is 0. The van der Waals surface area contributed by atoms with Crippen LogP contribution in [0.1, 0.15) is 0 Å². The van der Waals surface area contributed by atoms with Crippen LogP contribution in [0.4, 0.5) is 17.1 Å². The van der Waals surface area contributed by atoms with Crippen molar-refractivity contribution in [1.82, 2.24) is 0 Å². The van der Waals surface area contributed by atoms with Crippen LogP contribution in [0.3, 0.4) is 0 Å². The predicted octanol–water partition coefficient (Wildman–Crippen LogP) is 16.1. The first-order valence-electron chi connectivity index (χ1n) is 19.3. The lowest BCUT2D eigenvalue weighted by molar-refractivity contribution is 0.670. The molecule has 2 nitrogen and oxygen atoms in total. The molecule has 0 fully saturated rings. The fourth-order valence-electron chi connectivity index (χ4n) is 8.28.